The number of hydrogen-bond donors (Lipinski definition) is 2. The number of likely N-dealkylation sites (tertiary alicyclic amines) is 1. The molecule has 0 spiro atoms. The van der Waals surface area contributed by atoms with Gasteiger partial charge in [-0.2, -0.15) is 5.10 Å². The Bertz CT molecular complexity index is 922. The van der Waals surface area contributed by atoms with E-state index in [1.807, 2.05) is 17.5 Å². The fraction of sp³-hybridized carbons (Fsp3) is 0.294. The smallest absolute Gasteiger partial charge is 0.276 e. The quantitative estimate of drug-likeness (QED) is 0.729. The number of nitrogens with one attached hydrogen (secondary N) is 1. The van der Waals surface area contributed by atoms with E-state index in [0.717, 1.165) is 23.4 Å². The molecule has 9 heteroatoms. The zero-order valence-electron chi connectivity index (χ0n) is 13.8. The van der Waals surface area contributed by atoms with Crippen molar-refractivity contribution in [2.75, 3.05) is 13.1 Å². The summed E-state index contributed by atoms with van der Waals surface area (Å²) in [6.45, 7) is 1.21. The molecular weight excluding hydrogens is 354 g/mol. The molecular formula is C17H17N5O3S. The summed E-state index contributed by atoms with van der Waals surface area (Å²) in [4.78, 5) is 26.5. The largest absolute Gasteiger partial charge is 0.364 e. The fourth-order valence-electron chi connectivity index (χ4n) is 3.14. The van der Waals surface area contributed by atoms with E-state index in [1.165, 1.54) is 11.3 Å². The van der Waals surface area contributed by atoms with Crippen LogP contribution in [0, 0.1) is 0 Å². The maximum atomic E-state index is 12.6. The number of thiophene rings is 1. The summed E-state index contributed by atoms with van der Waals surface area (Å²) in [6, 6.07) is 7.23. The molecule has 4 rings (SSSR count). The molecule has 3 aromatic rings. The van der Waals surface area contributed by atoms with E-state index in [2.05, 4.69) is 15.4 Å². The van der Waals surface area contributed by atoms with Gasteiger partial charge in [0.1, 0.15) is 5.69 Å². The van der Waals surface area contributed by atoms with E-state index in [4.69, 9.17) is 10.3 Å². The number of nitrogens with two attached hydrogens (primary N) is 1. The van der Waals surface area contributed by atoms with Crippen molar-refractivity contribution in [3.63, 3.8) is 0 Å². The zero-order chi connectivity index (χ0) is 18.1. The van der Waals surface area contributed by atoms with Gasteiger partial charge in [0.2, 0.25) is 0 Å². The highest BCUT2D eigenvalue weighted by Gasteiger charge is 2.27. The summed E-state index contributed by atoms with van der Waals surface area (Å²) in [5.74, 6) is 0.151. The second-order valence-electron chi connectivity index (χ2n) is 6.19. The van der Waals surface area contributed by atoms with Crippen molar-refractivity contribution in [2.45, 2.75) is 18.8 Å². The van der Waals surface area contributed by atoms with Crippen molar-refractivity contribution in [1.82, 2.24) is 20.3 Å². The average Bonchev–Trinajstić information content (AvgIpc) is 3.42. The van der Waals surface area contributed by atoms with Gasteiger partial charge in [-0.25, -0.2) is 0 Å². The summed E-state index contributed by atoms with van der Waals surface area (Å²) in [7, 11) is 0. The lowest BCUT2D eigenvalue weighted by atomic mass is 9.93. The molecule has 0 unspecified atom stereocenters. The van der Waals surface area contributed by atoms with Crippen molar-refractivity contribution >= 4 is 23.2 Å². The van der Waals surface area contributed by atoms with E-state index in [0.29, 0.717) is 24.5 Å². The number of nitrogens with zero attached hydrogens (tertiary/aromatic N) is 3. The van der Waals surface area contributed by atoms with Gasteiger partial charge in [-0.3, -0.25) is 14.7 Å². The molecule has 1 aliphatic heterocycles. The summed E-state index contributed by atoms with van der Waals surface area (Å²) in [6.07, 6.45) is 1.56. The molecule has 2 amide bonds. The first-order valence-electron chi connectivity index (χ1n) is 8.27. The lowest BCUT2D eigenvalue weighted by Crippen LogP contribution is -2.38. The second kappa shape index (κ2) is 6.75. The van der Waals surface area contributed by atoms with Crippen LogP contribution in [0.4, 0.5) is 0 Å². The highest BCUT2D eigenvalue weighted by atomic mass is 32.1. The molecule has 4 heterocycles. The van der Waals surface area contributed by atoms with Crippen molar-refractivity contribution in [2.24, 2.45) is 5.73 Å². The molecule has 0 bridgehead atoms. The number of H-pyrrole nitrogens is 1. The molecule has 3 N–H and O–H groups in total. The molecule has 26 heavy (non-hydrogen) atoms. The lowest BCUT2D eigenvalue weighted by Gasteiger charge is -2.30. The minimum atomic E-state index is -0.548. The van der Waals surface area contributed by atoms with Crippen LogP contribution in [0.25, 0.3) is 10.6 Å². The van der Waals surface area contributed by atoms with E-state index < -0.39 is 5.91 Å². The van der Waals surface area contributed by atoms with Gasteiger partial charge in [0.25, 0.3) is 11.8 Å². The minimum absolute atomic E-state index is 0.127. The maximum Gasteiger partial charge on any atom is 0.276 e. The fourth-order valence-corrected chi connectivity index (χ4v) is 3.81. The lowest BCUT2D eigenvalue weighted by molar-refractivity contribution is 0.0701. The predicted octanol–water partition coefficient (Wildman–Crippen LogP) is 2.24. The number of piperidine rings is 1. The van der Waals surface area contributed by atoms with E-state index in [1.54, 1.807) is 17.0 Å². The molecule has 3 aromatic heterocycles. The standard InChI is InChI=1S/C17H17N5O3S/c18-16(23)12-8-11(19-20-12)10-3-5-22(6-4-10)17(24)13-9-14(25-21-13)15-2-1-7-26-15/h1-2,7-10H,3-6H2,(H2,18,23)(H,19,20). The average molecular weight is 371 g/mol. The third-order valence-electron chi connectivity index (χ3n) is 4.57. The third kappa shape index (κ3) is 3.13. The molecule has 0 aromatic carbocycles. The summed E-state index contributed by atoms with van der Waals surface area (Å²) in [5, 5.41) is 12.7. The third-order valence-corrected chi connectivity index (χ3v) is 5.45. The van der Waals surface area contributed by atoms with Crippen LogP contribution in [0.1, 0.15) is 45.4 Å². The number of primary amides is 1. The molecule has 0 saturated carbocycles. The molecule has 1 aliphatic rings. The predicted molar refractivity (Wildman–Crippen MR) is 94.8 cm³/mol. The number of hydrogen-bond acceptors (Lipinski definition) is 6. The van der Waals surface area contributed by atoms with Crippen LogP contribution in [0.5, 0.6) is 0 Å². The van der Waals surface area contributed by atoms with Crippen molar-refractivity contribution < 1.29 is 14.1 Å². The van der Waals surface area contributed by atoms with Crippen molar-refractivity contribution in [1.29, 1.82) is 0 Å². The first-order chi connectivity index (χ1) is 12.6. The Morgan fingerprint density at radius 3 is 2.73 bits per heavy atom. The Balaban J connectivity index is 1.39. The Morgan fingerprint density at radius 1 is 1.27 bits per heavy atom. The number of amides is 2. The van der Waals surface area contributed by atoms with Crippen LogP contribution in [0.3, 0.4) is 0 Å². The number of rotatable bonds is 4. The highest BCUT2D eigenvalue weighted by Crippen LogP contribution is 2.29. The van der Waals surface area contributed by atoms with Crippen LogP contribution in [-0.4, -0.2) is 45.2 Å². The topological polar surface area (TPSA) is 118 Å². The van der Waals surface area contributed by atoms with Crippen LogP contribution in [-0.2, 0) is 0 Å². The number of aromatic nitrogens is 3. The first kappa shape index (κ1) is 16.5. The van der Waals surface area contributed by atoms with Gasteiger partial charge in [0.05, 0.1) is 4.88 Å². The van der Waals surface area contributed by atoms with Crippen LogP contribution >= 0.6 is 11.3 Å². The highest BCUT2D eigenvalue weighted by molar-refractivity contribution is 7.13. The van der Waals surface area contributed by atoms with Gasteiger partial charge < -0.3 is 15.2 Å². The SMILES string of the molecule is NC(=O)c1cc(C2CCN(C(=O)c3cc(-c4cccs4)on3)CC2)[nH]n1. The minimum Gasteiger partial charge on any atom is -0.364 e. The Morgan fingerprint density at radius 2 is 2.08 bits per heavy atom. The van der Waals surface area contributed by atoms with E-state index in [9.17, 15) is 9.59 Å². The van der Waals surface area contributed by atoms with E-state index in [-0.39, 0.29) is 17.5 Å². The monoisotopic (exact) mass is 371 g/mol. The molecule has 1 fully saturated rings. The zero-order valence-corrected chi connectivity index (χ0v) is 14.7. The van der Waals surface area contributed by atoms with Crippen LogP contribution in [0.2, 0.25) is 0 Å². The summed E-state index contributed by atoms with van der Waals surface area (Å²) >= 11 is 1.54. The number of carbonyl (C=O) groups excluding carboxylic acids is 2. The molecule has 1 saturated heterocycles. The maximum absolute atomic E-state index is 12.6. The summed E-state index contributed by atoms with van der Waals surface area (Å²) in [5.41, 5.74) is 6.67. The first-order valence-corrected chi connectivity index (χ1v) is 9.15. The molecule has 0 radical (unpaired) electrons. The molecule has 0 aliphatic carbocycles. The Labute approximate surface area is 153 Å². The molecule has 0 atom stereocenters. The van der Waals surface area contributed by atoms with Crippen molar-refractivity contribution in [3.05, 3.63) is 46.7 Å². The van der Waals surface area contributed by atoms with Gasteiger partial charge in [-0.05, 0) is 30.4 Å². The normalized spacial score (nSPS) is 15.3. The van der Waals surface area contributed by atoms with Gasteiger partial charge in [-0.1, -0.05) is 11.2 Å². The molecule has 134 valence electrons. The second-order valence-corrected chi connectivity index (χ2v) is 7.14. The van der Waals surface area contributed by atoms with Crippen LogP contribution < -0.4 is 5.73 Å². The van der Waals surface area contributed by atoms with Gasteiger partial charge >= 0.3 is 0 Å². The Hall–Kier alpha value is -2.94. The summed E-state index contributed by atoms with van der Waals surface area (Å²) < 4.78 is 5.29. The van der Waals surface area contributed by atoms with E-state index >= 15 is 0 Å². The number of aromatic amines is 1. The van der Waals surface area contributed by atoms with Gasteiger partial charge in [0, 0.05) is 30.8 Å². The van der Waals surface area contributed by atoms with Gasteiger partial charge in [-0.15, -0.1) is 11.3 Å². The van der Waals surface area contributed by atoms with Crippen molar-refractivity contribution in [3.8, 4) is 10.6 Å². The van der Waals surface area contributed by atoms with Crippen LogP contribution in [0.15, 0.2) is 34.2 Å². The number of carbonyl (C=O) groups is 2. The molecule has 8 nitrogen and oxygen atoms in total. The van der Waals surface area contributed by atoms with Gasteiger partial charge in [0.15, 0.2) is 11.5 Å². The Kier molecular flexibility index (Phi) is 4.29.